The van der Waals surface area contributed by atoms with Crippen LogP contribution in [0.2, 0.25) is 0 Å². The van der Waals surface area contributed by atoms with Crippen LogP contribution in [0.15, 0.2) is 46.2 Å². The zero-order chi connectivity index (χ0) is 15.6. The van der Waals surface area contributed by atoms with Gasteiger partial charge < -0.3 is 10.3 Å². The molecule has 0 saturated carbocycles. The third kappa shape index (κ3) is 3.40. The number of nitrogens with two attached hydrogens (primary N) is 1. The Balaban J connectivity index is 2.39. The van der Waals surface area contributed by atoms with Gasteiger partial charge in [0.15, 0.2) is 0 Å². The average molecular weight is 311 g/mol. The van der Waals surface area contributed by atoms with Gasteiger partial charge in [-0.05, 0) is 31.2 Å². The number of halogens is 1. The maximum absolute atomic E-state index is 13.3. The van der Waals surface area contributed by atoms with Gasteiger partial charge in [-0.1, -0.05) is 0 Å². The van der Waals surface area contributed by atoms with Crippen molar-refractivity contribution >= 4 is 21.4 Å². The quantitative estimate of drug-likeness (QED) is 0.834. The second-order valence-electron chi connectivity index (χ2n) is 4.37. The first-order chi connectivity index (χ1) is 9.81. The van der Waals surface area contributed by atoms with E-state index in [4.69, 9.17) is 5.73 Å². The minimum Gasteiger partial charge on any atom is -0.399 e. The van der Waals surface area contributed by atoms with Crippen molar-refractivity contribution in [3.63, 3.8) is 0 Å². The molecule has 0 aliphatic heterocycles. The summed E-state index contributed by atoms with van der Waals surface area (Å²) in [5.41, 5.74) is 5.41. The number of benzene rings is 1. The van der Waals surface area contributed by atoms with Crippen LogP contribution in [0.4, 0.5) is 15.8 Å². The molecule has 0 fully saturated rings. The highest BCUT2D eigenvalue weighted by molar-refractivity contribution is 7.92. The molecule has 2 aromatic rings. The lowest BCUT2D eigenvalue weighted by Gasteiger charge is -2.10. The predicted molar refractivity (Wildman–Crippen MR) is 78.0 cm³/mol. The van der Waals surface area contributed by atoms with Crippen LogP contribution < -0.4 is 16.0 Å². The van der Waals surface area contributed by atoms with Crippen molar-refractivity contribution < 1.29 is 12.8 Å². The summed E-state index contributed by atoms with van der Waals surface area (Å²) in [7, 11) is -3.98. The highest BCUT2D eigenvalue weighted by atomic mass is 32.2. The Morgan fingerprint density at radius 2 is 2.00 bits per heavy atom. The molecule has 0 spiro atoms. The standard InChI is InChI=1S/C13H14FN3O3S/c1-2-17-8-11(3-4-13(17)18)16-21(19,20)12-6-9(14)5-10(15)7-12/h3-8,16H,2,15H2,1H3. The number of nitrogens with zero attached hydrogens (tertiary/aromatic N) is 1. The summed E-state index contributed by atoms with van der Waals surface area (Å²) in [6.07, 6.45) is 1.38. The number of nitrogen functional groups attached to an aromatic ring is 1. The number of nitrogens with one attached hydrogen (secondary N) is 1. The molecule has 8 heteroatoms. The highest BCUT2D eigenvalue weighted by Gasteiger charge is 2.16. The normalized spacial score (nSPS) is 11.3. The number of anilines is 2. The monoisotopic (exact) mass is 311 g/mol. The Morgan fingerprint density at radius 3 is 2.62 bits per heavy atom. The fraction of sp³-hybridized carbons (Fsp3) is 0.154. The maximum atomic E-state index is 13.3. The van der Waals surface area contributed by atoms with Crippen molar-refractivity contribution in [2.45, 2.75) is 18.4 Å². The molecule has 0 bridgehead atoms. The van der Waals surface area contributed by atoms with Crippen molar-refractivity contribution in [2.24, 2.45) is 0 Å². The van der Waals surface area contributed by atoms with Gasteiger partial charge in [0.1, 0.15) is 5.82 Å². The molecule has 0 amide bonds. The summed E-state index contributed by atoms with van der Waals surface area (Å²) in [6, 6.07) is 5.64. The largest absolute Gasteiger partial charge is 0.399 e. The van der Waals surface area contributed by atoms with E-state index in [9.17, 15) is 17.6 Å². The number of pyridine rings is 1. The van der Waals surface area contributed by atoms with Gasteiger partial charge in [-0.3, -0.25) is 9.52 Å². The van der Waals surface area contributed by atoms with Crippen molar-refractivity contribution in [3.8, 4) is 0 Å². The molecule has 2 rings (SSSR count). The molecule has 0 radical (unpaired) electrons. The number of sulfonamides is 1. The molecule has 21 heavy (non-hydrogen) atoms. The molecule has 0 unspecified atom stereocenters. The molecule has 0 aliphatic carbocycles. The van der Waals surface area contributed by atoms with Crippen LogP contribution in [0, 0.1) is 5.82 Å². The summed E-state index contributed by atoms with van der Waals surface area (Å²) in [4.78, 5) is 11.2. The smallest absolute Gasteiger partial charge is 0.262 e. The van der Waals surface area contributed by atoms with E-state index in [1.165, 1.54) is 22.9 Å². The van der Waals surface area contributed by atoms with Crippen molar-refractivity contribution in [1.82, 2.24) is 4.57 Å². The second kappa shape index (κ2) is 5.57. The Hall–Kier alpha value is -2.35. The number of hydrogen-bond donors (Lipinski definition) is 2. The molecule has 1 aromatic carbocycles. The molecule has 1 heterocycles. The second-order valence-corrected chi connectivity index (χ2v) is 6.05. The third-order valence-corrected chi connectivity index (χ3v) is 4.14. The van der Waals surface area contributed by atoms with E-state index < -0.39 is 15.8 Å². The molecule has 0 aliphatic rings. The van der Waals surface area contributed by atoms with Crippen molar-refractivity contribution in [2.75, 3.05) is 10.5 Å². The van der Waals surface area contributed by atoms with Crippen LogP contribution in [-0.4, -0.2) is 13.0 Å². The van der Waals surface area contributed by atoms with Gasteiger partial charge in [-0.15, -0.1) is 0 Å². The molecule has 0 atom stereocenters. The first-order valence-electron chi connectivity index (χ1n) is 6.11. The van der Waals surface area contributed by atoms with Crippen LogP contribution in [0.5, 0.6) is 0 Å². The van der Waals surface area contributed by atoms with Gasteiger partial charge in [0, 0.05) is 24.5 Å². The topological polar surface area (TPSA) is 94.2 Å². The van der Waals surface area contributed by atoms with E-state index in [2.05, 4.69) is 4.72 Å². The minimum atomic E-state index is -3.98. The van der Waals surface area contributed by atoms with Gasteiger partial charge in [0.25, 0.3) is 15.6 Å². The predicted octanol–water partition coefficient (Wildman–Crippen LogP) is 1.39. The zero-order valence-corrected chi connectivity index (χ0v) is 12.0. The van der Waals surface area contributed by atoms with E-state index in [-0.39, 0.29) is 21.8 Å². The van der Waals surface area contributed by atoms with E-state index >= 15 is 0 Å². The van der Waals surface area contributed by atoms with Crippen molar-refractivity contribution in [3.05, 3.63) is 52.7 Å². The van der Waals surface area contributed by atoms with Gasteiger partial charge in [-0.2, -0.15) is 0 Å². The number of aromatic nitrogens is 1. The SMILES string of the molecule is CCn1cc(NS(=O)(=O)c2cc(N)cc(F)c2)ccc1=O. The number of aryl methyl sites for hydroxylation is 1. The van der Waals surface area contributed by atoms with E-state index in [0.717, 1.165) is 18.2 Å². The average Bonchev–Trinajstić information content (AvgIpc) is 2.39. The molecular weight excluding hydrogens is 297 g/mol. The fourth-order valence-electron chi connectivity index (χ4n) is 1.79. The Labute approximate surface area is 121 Å². The summed E-state index contributed by atoms with van der Waals surface area (Å²) in [5.74, 6) is -0.742. The highest BCUT2D eigenvalue weighted by Crippen LogP contribution is 2.19. The van der Waals surface area contributed by atoms with Crippen LogP contribution in [0.1, 0.15) is 6.92 Å². The molecule has 3 N–H and O–H groups in total. The van der Waals surface area contributed by atoms with Crippen LogP contribution >= 0.6 is 0 Å². The lowest BCUT2D eigenvalue weighted by Crippen LogP contribution is -2.20. The Morgan fingerprint density at radius 1 is 1.29 bits per heavy atom. The van der Waals surface area contributed by atoms with Crippen molar-refractivity contribution in [1.29, 1.82) is 0 Å². The Bertz CT molecular complexity index is 811. The molecule has 112 valence electrons. The molecule has 0 saturated heterocycles. The van der Waals surface area contributed by atoms with Gasteiger partial charge in [-0.25, -0.2) is 12.8 Å². The fourth-order valence-corrected chi connectivity index (χ4v) is 2.90. The number of hydrogen-bond acceptors (Lipinski definition) is 4. The summed E-state index contributed by atoms with van der Waals surface area (Å²) >= 11 is 0. The zero-order valence-electron chi connectivity index (χ0n) is 11.2. The van der Waals surface area contributed by atoms with Crippen LogP contribution in [-0.2, 0) is 16.6 Å². The van der Waals surface area contributed by atoms with E-state index in [0.29, 0.717) is 6.54 Å². The Kier molecular flexibility index (Phi) is 3.99. The summed E-state index contributed by atoms with van der Waals surface area (Å²) in [5, 5.41) is 0. The van der Waals surface area contributed by atoms with Gasteiger partial charge in [0.2, 0.25) is 0 Å². The summed E-state index contributed by atoms with van der Waals surface area (Å²) < 4.78 is 41.2. The van der Waals surface area contributed by atoms with E-state index in [1.54, 1.807) is 6.92 Å². The van der Waals surface area contributed by atoms with E-state index in [1.807, 2.05) is 0 Å². The first kappa shape index (κ1) is 15.0. The summed E-state index contributed by atoms with van der Waals surface area (Å²) in [6.45, 7) is 2.16. The van der Waals surface area contributed by atoms with Gasteiger partial charge >= 0.3 is 0 Å². The van der Waals surface area contributed by atoms with Crippen LogP contribution in [0.3, 0.4) is 0 Å². The molecule has 1 aromatic heterocycles. The molecule has 6 nitrogen and oxygen atoms in total. The molecular formula is C13H14FN3O3S. The maximum Gasteiger partial charge on any atom is 0.262 e. The lowest BCUT2D eigenvalue weighted by molar-refractivity contribution is 0.595. The first-order valence-corrected chi connectivity index (χ1v) is 7.59. The van der Waals surface area contributed by atoms with Crippen LogP contribution in [0.25, 0.3) is 0 Å². The number of rotatable bonds is 4. The lowest BCUT2D eigenvalue weighted by atomic mass is 10.3. The third-order valence-electron chi connectivity index (χ3n) is 2.78. The van der Waals surface area contributed by atoms with Gasteiger partial charge in [0.05, 0.1) is 10.6 Å². The minimum absolute atomic E-state index is 0.00824.